The minimum Gasteiger partial charge on any atom is -0.354 e. The predicted molar refractivity (Wildman–Crippen MR) is 101 cm³/mol. The van der Waals surface area contributed by atoms with Gasteiger partial charge in [0.2, 0.25) is 5.91 Å². The molecule has 0 radical (unpaired) electrons. The number of nitrogens with zero attached hydrogens (tertiary/aromatic N) is 4. The van der Waals surface area contributed by atoms with Crippen LogP contribution in [0.25, 0.3) is 0 Å². The Morgan fingerprint density at radius 3 is 2.46 bits per heavy atom. The zero-order chi connectivity index (χ0) is 19.5. The van der Waals surface area contributed by atoms with Crippen molar-refractivity contribution in [1.82, 2.24) is 23.5 Å². The Morgan fingerprint density at radius 1 is 1.31 bits per heavy atom. The number of rotatable bonds is 7. The Balaban J connectivity index is 1.84. The number of amides is 1. The number of imidazole rings is 1. The van der Waals surface area contributed by atoms with Crippen LogP contribution in [0.15, 0.2) is 12.4 Å². The normalized spacial score (nSPS) is 18.4. The third kappa shape index (κ3) is 4.63. The van der Waals surface area contributed by atoms with Crippen molar-refractivity contribution in [1.29, 1.82) is 0 Å². The van der Waals surface area contributed by atoms with E-state index in [4.69, 9.17) is 0 Å². The van der Waals surface area contributed by atoms with E-state index in [9.17, 15) is 13.2 Å². The maximum Gasteiger partial charge on any atom is 0.281 e. The SMILES string of the molecule is CC(C)c1nccn1C(C)C(=O)NCC1CCN(S(=O)(=O)N(C)C)CC1. The molecule has 26 heavy (non-hydrogen) atoms. The number of piperidine rings is 1. The molecule has 148 valence electrons. The minimum atomic E-state index is -3.34. The van der Waals surface area contributed by atoms with Gasteiger partial charge in [-0.25, -0.2) is 4.98 Å². The van der Waals surface area contributed by atoms with Gasteiger partial charge in [-0.3, -0.25) is 4.79 Å². The summed E-state index contributed by atoms with van der Waals surface area (Å²) in [5, 5.41) is 3.02. The molecular weight excluding hydrogens is 354 g/mol. The number of aromatic nitrogens is 2. The van der Waals surface area contributed by atoms with Crippen LogP contribution in [0, 0.1) is 5.92 Å². The smallest absolute Gasteiger partial charge is 0.281 e. The van der Waals surface area contributed by atoms with Gasteiger partial charge in [0.25, 0.3) is 10.2 Å². The summed E-state index contributed by atoms with van der Waals surface area (Å²) in [6, 6.07) is -0.316. The van der Waals surface area contributed by atoms with Gasteiger partial charge in [0.15, 0.2) is 0 Å². The molecule has 1 amide bonds. The Morgan fingerprint density at radius 2 is 1.92 bits per heavy atom. The van der Waals surface area contributed by atoms with Gasteiger partial charge < -0.3 is 9.88 Å². The highest BCUT2D eigenvalue weighted by atomic mass is 32.2. The van der Waals surface area contributed by atoms with Crippen LogP contribution in [-0.2, 0) is 15.0 Å². The van der Waals surface area contributed by atoms with E-state index in [-0.39, 0.29) is 17.9 Å². The number of hydrogen-bond donors (Lipinski definition) is 1. The van der Waals surface area contributed by atoms with Gasteiger partial charge in [-0.15, -0.1) is 0 Å². The first-order chi connectivity index (χ1) is 12.1. The van der Waals surface area contributed by atoms with Crippen molar-refractivity contribution in [2.24, 2.45) is 5.92 Å². The van der Waals surface area contributed by atoms with Crippen molar-refractivity contribution in [3.8, 4) is 0 Å². The van der Waals surface area contributed by atoms with E-state index >= 15 is 0 Å². The Kier molecular flexibility index (Phi) is 6.81. The summed E-state index contributed by atoms with van der Waals surface area (Å²) in [6.45, 7) is 7.54. The number of hydrogen-bond acceptors (Lipinski definition) is 4. The van der Waals surface area contributed by atoms with Crippen molar-refractivity contribution in [3.05, 3.63) is 18.2 Å². The lowest BCUT2D eigenvalue weighted by atomic mass is 9.98. The van der Waals surface area contributed by atoms with Crippen LogP contribution in [0.3, 0.4) is 0 Å². The summed E-state index contributed by atoms with van der Waals surface area (Å²) >= 11 is 0. The fourth-order valence-corrected chi connectivity index (χ4v) is 4.33. The zero-order valence-electron chi connectivity index (χ0n) is 16.3. The van der Waals surface area contributed by atoms with Gasteiger partial charge >= 0.3 is 0 Å². The second-order valence-electron chi connectivity index (χ2n) is 7.40. The molecule has 0 saturated carbocycles. The Bertz CT molecular complexity index is 706. The molecule has 0 aromatic carbocycles. The first-order valence-corrected chi connectivity index (χ1v) is 10.5. The van der Waals surface area contributed by atoms with Gasteiger partial charge in [0.05, 0.1) is 0 Å². The fraction of sp³-hybridized carbons (Fsp3) is 0.765. The van der Waals surface area contributed by atoms with E-state index in [0.29, 0.717) is 25.6 Å². The lowest BCUT2D eigenvalue weighted by molar-refractivity contribution is -0.124. The number of carbonyl (C=O) groups is 1. The molecule has 9 heteroatoms. The molecule has 8 nitrogen and oxygen atoms in total. The highest BCUT2D eigenvalue weighted by Gasteiger charge is 2.30. The summed E-state index contributed by atoms with van der Waals surface area (Å²) in [5.74, 6) is 1.42. The summed E-state index contributed by atoms with van der Waals surface area (Å²) in [7, 11) is -0.249. The third-order valence-corrected chi connectivity index (χ3v) is 6.88. The molecule has 0 aliphatic carbocycles. The predicted octanol–water partition coefficient (Wildman–Crippen LogP) is 1.20. The van der Waals surface area contributed by atoms with Crippen LogP contribution in [0.1, 0.15) is 51.4 Å². The molecular formula is C17H31N5O3S. The first-order valence-electron chi connectivity index (χ1n) is 9.12. The average Bonchev–Trinajstić information content (AvgIpc) is 3.09. The molecule has 1 aliphatic heterocycles. The second-order valence-corrected chi connectivity index (χ2v) is 9.54. The molecule has 1 aliphatic rings. The summed E-state index contributed by atoms with van der Waals surface area (Å²) in [6.07, 6.45) is 5.07. The molecule has 1 fully saturated rings. The van der Waals surface area contributed by atoms with Gasteiger partial charge in [-0.1, -0.05) is 13.8 Å². The molecule has 2 rings (SSSR count). The molecule has 1 atom stereocenters. The molecule has 1 saturated heterocycles. The van der Waals surface area contributed by atoms with Gasteiger partial charge in [-0.05, 0) is 25.7 Å². The van der Waals surface area contributed by atoms with Gasteiger partial charge in [-0.2, -0.15) is 17.0 Å². The highest BCUT2D eigenvalue weighted by molar-refractivity contribution is 7.86. The first kappa shape index (κ1) is 20.9. The van der Waals surface area contributed by atoms with Crippen LogP contribution >= 0.6 is 0 Å². The van der Waals surface area contributed by atoms with Crippen LogP contribution < -0.4 is 5.32 Å². The molecule has 0 spiro atoms. The summed E-state index contributed by atoms with van der Waals surface area (Å²) in [4.78, 5) is 16.8. The van der Waals surface area contributed by atoms with E-state index in [0.717, 1.165) is 18.7 Å². The van der Waals surface area contributed by atoms with Crippen LogP contribution in [0.4, 0.5) is 0 Å². The molecule has 1 aromatic rings. The summed E-state index contributed by atoms with van der Waals surface area (Å²) in [5.41, 5.74) is 0. The number of carbonyl (C=O) groups excluding carboxylic acids is 1. The number of nitrogens with one attached hydrogen (secondary N) is 1. The highest BCUT2D eigenvalue weighted by Crippen LogP contribution is 2.21. The van der Waals surface area contributed by atoms with Crippen LogP contribution in [-0.4, -0.2) is 66.2 Å². The van der Waals surface area contributed by atoms with Gasteiger partial charge in [0, 0.05) is 52.0 Å². The van der Waals surface area contributed by atoms with Crippen molar-refractivity contribution >= 4 is 16.1 Å². The fourth-order valence-electron chi connectivity index (χ4n) is 3.19. The maximum absolute atomic E-state index is 12.5. The van der Waals surface area contributed by atoms with E-state index in [1.54, 1.807) is 20.3 Å². The van der Waals surface area contributed by atoms with Gasteiger partial charge in [0.1, 0.15) is 11.9 Å². The Labute approximate surface area is 156 Å². The topological polar surface area (TPSA) is 87.5 Å². The monoisotopic (exact) mass is 385 g/mol. The minimum absolute atomic E-state index is 0.0340. The van der Waals surface area contributed by atoms with E-state index < -0.39 is 10.2 Å². The molecule has 2 heterocycles. The summed E-state index contributed by atoms with van der Waals surface area (Å²) < 4.78 is 28.9. The molecule has 1 aromatic heterocycles. The van der Waals surface area contributed by atoms with E-state index in [1.165, 1.54) is 8.61 Å². The quantitative estimate of drug-likeness (QED) is 0.764. The average molecular weight is 386 g/mol. The van der Waals surface area contributed by atoms with Crippen molar-refractivity contribution in [2.45, 2.75) is 45.6 Å². The standard InChI is InChI=1S/C17H31N5O3S/c1-13(2)16-18-8-11-22(16)14(3)17(23)19-12-15-6-9-21(10-7-15)26(24,25)20(4)5/h8,11,13-15H,6-7,9-10,12H2,1-5H3,(H,19,23). The largest absolute Gasteiger partial charge is 0.354 e. The zero-order valence-corrected chi connectivity index (χ0v) is 17.2. The van der Waals surface area contributed by atoms with Crippen molar-refractivity contribution < 1.29 is 13.2 Å². The molecule has 0 bridgehead atoms. The maximum atomic E-state index is 12.5. The van der Waals surface area contributed by atoms with Crippen LogP contribution in [0.5, 0.6) is 0 Å². The lowest BCUT2D eigenvalue weighted by Crippen LogP contribution is -2.46. The van der Waals surface area contributed by atoms with Crippen molar-refractivity contribution in [2.75, 3.05) is 33.7 Å². The molecule has 1 unspecified atom stereocenters. The second kappa shape index (κ2) is 8.49. The lowest BCUT2D eigenvalue weighted by Gasteiger charge is -2.33. The van der Waals surface area contributed by atoms with Crippen LogP contribution in [0.2, 0.25) is 0 Å². The van der Waals surface area contributed by atoms with E-state index in [2.05, 4.69) is 24.1 Å². The Hall–Kier alpha value is -1.45. The molecule has 1 N–H and O–H groups in total. The van der Waals surface area contributed by atoms with E-state index in [1.807, 2.05) is 17.7 Å². The third-order valence-electron chi connectivity index (χ3n) is 4.94. The van der Waals surface area contributed by atoms with Crippen molar-refractivity contribution in [3.63, 3.8) is 0 Å².